The molecule has 1 aromatic heterocycles. The minimum Gasteiger partial charge on any atom is -0.304 e. The first-order valence-corrected chi connectivity index (χ1v) is 8.39. The number of aromatic nitrogens is 1. The molecular weight excluding hydrogens is 323 g/mol. The minimum absolute atomic E-state index is 0.310. The van der Waals surface area contributed by atoms with Gasteiger partial charge in [0.1, 0.15) is 10.8 Å². The second-order valence-corrected chi connectivity index (χ2v) is 6.86. The molecule has 0 atom stereocenters. The van der Waals surface area contributed by atoms with Crippen LogP contribution in [-0.4, -0.2) is 48.1 Å². The van der Waals surface area contributed by atoms with Crippen LogP contribution in [0.15, 0.2) is 24.4 Å². The molecule has 3 rings (SSSR count). The lowest BCUT2D eigenvalue weighted by Gasteiger charge is -2.32. The summed E-state index contributed by atoms with van der Waals surface area (Å²) in [4.78, 5) is 7.44. The standard InChI is InChI=1S/C15H18ClFN4S/c1-20-5-7-21(8-6-20)19-10-14-18-9-13(22-14)15-11(16)3-2-4-12(15)17/h2-4,9,19H,5-8,10H2,1H3. The zero-order chi connectivity index (χ0) is 15.5. The predicted molar refractivity (Wildman–Crippen MR) is 88.4 cm³/mol. The van der Waals surface area contributed by atoms with E-state index in [-0.39, 0.29) is 5.82 Å². The maximum absolute atomic E-state index is 13.9. The molecule has 0 amide bonds. The van der Waals surface area contributed by atoms with Crippen molar-refractivity contribution >= 4 is 22.9 Å². The van der Waals surface area contributed by atoms with Gasteiger partial charge in [-0.3, -0.25) is 0 Å². The van der Waals surface area contributed by atoms with E-state index in [4.69, 9.17) is 11.6 Å². The van der Waals surface area contributed by atoms with Gasteiger partial charge in [0, 0.05) is 37.9 Å². The smallest absolute Gasteiger partial charge is 0.133 e. The van der Waals surface area contributed by atoms with Gasteiger partial charge in [0.05, 0.1) is 16.4 Å². The molecule has 118 valence electrons. The number of hydrazine groups is 1. The fourth-order valence-corrected chi connectivity index (χ4v) is 3.62. The van der Waals surface area contributed by atoms with Gasteiger partial charge < -0.3 is 4.90 Å². The number of thiazole rings is 1. The summed E-state index contributed by atoms with van der Waals surface area (Å²) in [5, 5.41) is 3.55. The Labute approximate surface area is 138 Å². The number of nitrogens with zero attached hydrogens (tertiary/aromatic N) is 3. The Morgan fingerprint density at radius 1 is 1.32 bits per heavy atom. The minimum atomic E-state index is -0.310. The van der Waals surface area contributed by atoms with Gasteiger partial charge >= 0.3 is 0 Å². The van der Waals surface area contributed by atoms with E-state index in [1.807, 2.05) is 0 Å². The fourth-order valence-electron chi connectivity index (χ4n) is 2.38. The molecule has 0 spiro atoms. The first kappa shape index (κ1) is 15.8. The summed E-state index contributed by atoms with van der Waals surface area (Å²) in [5.74, 6) is -0.310. The van der Waals surface area contributed by atoms with Crippen LogP contribution in [0.3, 0.4) is 0 Å². The number of likely N-dealkylation sites (N-methyl/N-ethyl adjacent to an activating group) is 1. The van der Waals surface area contributed by atoms with Gasteiger partial charge in [-0.05, 0) is 19.2 Å². The second kappa shape index (κ2) is 7.02. The van der Waals surface area contributed by atoms with Crippen LogP contribution in [0.25, 0.3) is 10.4 Å². The highest BCUT2D eigenvalue weighted by Crippen LogP contribution is 2.34. The molecule has 22 heavy (non-hydrogen) atoms. The lowest BCUT2D eigenvalue weighted by Crippen LogP contribution is -2.50. The number of rotatable bonds is 4. The molecule has 7 heteroatoms. The van der Waals surface area contributed by atoms with Crippen molar-refractivity contribution in [2.75, 3.05) is 33.2 Å². The summed E-state index contributed by atoms with van der Waals surface area (Å²) in [7, 11) is 2.13. The molecule has 1 fully saturated rings. The highest BCUT2D eigenvalue weighted by molar-refractivity contribution is 7.15. The zero-order valence-corrected chi connectivity index (χ0v) is 13.9. The topological polar surface area (TPSA) is 31.4 Å². The molecule has 2 heterocycles. The third-order valence-corrected chi connectivity index (χ3v) is 5.05. The van der Waals surface area contributed by atoms with Crippen LogP contribution in [0, 0.1) is 5.82 Å². The van der Waals surface area contributed by atoms with Crippen LogP contribution in [0.4, 0.5) is 4.39 Å². The average Bonchev–Trinajstić information content (AvgIpc) is 2.95. The second-order valence-electron chi connectivity index (χ2n) is 5.34. The Morgan fingerprint density at radius 3 is 2.82 bits per heavy atom. The largest absolute Gasteiger partial charge is 0.304 e. The number of benzene rings is 1. The number of hydrogen-bond acceptors (Lipinski definition) is 5. The van der Waals surface area contributed by atoms with Crippen LogP contribution < -0.4 is 5.43 Å². The lowest BCUT2D eigenvalue weighted by molar-refractivity contribution is 0.102. The Bertz CT molecular complexity index is 620. The summed E-state index contributed by atoms with van der Waals surface area (Å²) >= 11 is 7.56. The average molecular weight is 341 g/mol. The van der Waals surface area contributed by atoms with Gasteiger partial charge in [0.15, 0.2) is 0 Å². The quantitative estimate of drug-likeness (QED) is 0.927. The fraction of sp³-hybridized carbons (Fsp3) is 0.400. The SMILES string of the molecule is CN1CCN(NCc2ncc(-c3c(F)cccc3Cl)s2)CC1. The lowest BCUT2D eigenvalue weighted by atomic mass is 10.2. The molecular formula is C15H18ClFN4S. The van der Waals surface area contributed by atoms with Crippen molar-refractivity contribution in [2.24, 2.45) is 0 Å². The monoisotopic (exact) mass is 340 g/mol. The van der Waals surface area contributed by atoms with E-state index in [0.29, 0.717) is 17.1 Å². The molecule has 0 aliphatic carbocycles. The van der Waals surface area contributed by atoms with E-state index in [0.717, 1.165) is 36.1 Å². The van der Waals surface area contributed by atoms with E-state index >= 15 is 0 Å². The third-order valence-electron chi connectivity index (χ3n) is 3.72. The van der Waals surface area contributed by atoms with Gasteiger partial charge in [-0.25, -0.2) is 19.8 Å². The molecule has 0 radical (unpaired) electrons. The number of piperazine rings is 1. The molecule has 1 saturated heterocycles. The van der Waals surface area contributed by atoms with Crippen LogP contribution in [-0.2, 0) is 6.54 Å². The van der Waals surface area contributed by atoms with E-state index < -0.39 is 0 Å². The van der Waals surface area contributed by atoms with Crippen molar-refractivity contribution < 1.29 is 4.39 Å². The van der Waals surface area contributed by atoms with Crippen LogP contribution >= 0.6 is 22.9 Å². The Hall–Kier alpha value is -1.05. The van der Waals surface area contributed by atoms with E-state index in [2.05, 4.69) is 27.4 Å². The summed E-state index contributed by atoms with van der Waals surface area (Å²) in [6.45, 7) is 4.75. The first-order chi connectivity index (χ1) is 10.6. The van der Waals surface area contributed by atoms with Gasteiger partial charge in [0.25, 0.3) is 0 Å². The molecule has 0 saturated carbocycles. The molecule has 1 N–H and O–H groups in total. The van der Waals surface area contributed by atoms with Crippen molar-refractivity contribution in [1.82, 2.24) is 20.3 Å². The van der Waals surface area contributed by atoms with Crippen LogP contribution in [0.1, 0.15) is 5.01 Å². The summed E-state index contributed by atoms with van der Waals surface area (Å²) in [6.07, 6.45) is 1.69. The molecule has 0 bridgehead atoms. The summed E-state index contributed by atoms with van der Waals surface area (Å²) in [5.41, 5.74) is 3.82. The maximum Gasteiger partial charge on any atom is 0.133 e. The van der Waals surface area contributed by atoms with Gasteiger partial charge in [-0.1, -0.05) is 17.7 Å². The molecule has 1 aliphatic rings. The Morgan fingerprint density at radius 2 is 2.09 bits per heavy atom. The van der Waals surface area contributed by atoms with Gasteiger partial charge in [-0.2, -0.15) is 0 Å². The predicted octanol–water partition coefficient (Wildman–Crippen LogP) is 2.85. The highest BCUT2D eigenvalue weighted by atomic mass is 35.5. The van der Waals surface area contributed by atoms with Crippen LogP contribution in [0.2, 0.25) is 5.02 Å². The normalized spacial score (nSPS) is 17.0. The molecule has 1 aromatic carbocycles. The first-order valence-electron chi connectivity index (χ1n) is 7.19. The van der Waals surface area contributed by atoms with E-state index in [9.17, 15) is 4.39 Å². The van der Waals surface area contributed by atoms with E-state index in [1.54, 1.807) is 18.3 Å². The third kappa shape index (κ3) is 3.64. The molecule has 1 aliphatic heterocycles. The number of nitrogens with one attached hydrogen (secondary N) is 1. The van der Waals surface area contributed by atoms with Gasteiger partial charge in [-0.15, -0.1) is 11.3 Å². The van der Waals surface area contributed by atoms with Crippen molar-refractivity contribution in [3.8, 4) is 10.4 Å². The number of halogens is 2. The van der Waals surface area contributed by atoms with E-state index in [1.165, 1.54) is 17.4 Å². The van der Waals surface area contributed by atoms with Crippen molar-refractivity contribution in [3.05, 3.63) is 40.2 Å². The maximum atomic E-state index is 13.9. The molecule has 2 aromatic rings. The van der Waals surface area contributed by atoms with Crippen molar-refractivity contribution in [1.29, 1.82) is 0 Å². The zero-order valence-electron chi connectivity index (χ0n) is 12.4. The van der Waals surface area contributed by atoms with Crippen molar-refractivity contribution in [2.45, 2.75) is 6.54 Å². The highest BCUT2D eigenvalue weighted by Gasteiger charge is 2.15. The summed E-state index contributed by atoms with van der Waals surface area (Å²) < 4.78 is 13.9. The Balaban J connectivity index is 1.64. The summed E-state index contributed by atoms with van der Waals surface area (Å²) in [6, 6.07) is 4.73. The Kier molecular flexibility index (Phi) is 5.05. The molecule has 0 unspecified atom stereocenters. The number of hydrogen-bond donors (Lipinski definition) is 1. The molecule has 4 nitrogen and oxygen atoms in total. The van der Waals surface area contributed by atoms with Gasteiger partial charge in [0.2, 0.25) is 0 Å². The van der Waals surface area contributed by atoms with Crippen LogP contribution in [0.5, 0.6) is 0 Å². The van der Waals surface area contributed by atoms with Crippen molar-refractivity contribution in [3.63, 3.8) is 0 Å².